The summed E-state index contributed by atoms with van der Waals surface area (Å²) in [4.78, 5) is 18.6. The number of carbonyl (C=O) groups excluding carboxylic acids is 1. The number of halogens is 2. The van der Waals surface area contributed by atoms with E-state index < -0.39 is 11.6 Å². The predicted molar refractivity (Wildman–Crippen MR) is 86.1 cm³/mol. The van der Waals surface area contributed by atoms with Gasteiger partial charge in [0.25, 0.3) is 5.91 Å². The van der Waals surface area contributed by atoms with E-state index in [2.05, 4.69) is 15.6 Å². The molecule has 0 unspecified atom stereocenters. The maximum atomic E-state index is 13.8. The van der Waals surface area contributed by atoms with E-state index >= 15 is 0 Å². The minimum atomic E-state index is -0.596. The summed E-state index contributed by atoms with van der Waals surface area (Å²) >= 11 is 1.28. The molecule has 5 nitrogen and oxygen atoms in total. The van der Waals surface area contributed by atoms with Crippen molar-refractivity contribution in [3.8, 4) is 0 Å². The van der Waals surface area contributed by atoms with Gasteiger partial charge >= 0.3 is 0 Å². The third-order valence-electron chi connectivity index (χ3n) is 3.72. The van der Waals surface area contributed by atoms with Crippen LogP contribution in [0.2, 0.25) is 0 Å². The van der Waals surface area contributed by atoms with Gasteiger partial charge in [0, 0.05) is 32.2 Å². The van der Waals surface area contributed by atoms with Gasteiger partial charge in [-0.1, -0.05) is 11.3 Å². The van der Waals surface area contributed by atoms with Crippen LogP contribution in [0.1, 0.15) is 16.1 Å². The quantitative estimate of drug-likeness (QED) is 0.899. The first-order chi connectivity index (χ1) is 11.1. The van der Waals surface area contributed by atoms with Crippen LogP contribution in [0.4, 0.5) is 19.6 Å². The molecule has 2 aromatic rings. The monoisotopic (exact) mass is 338 g/mol. The number of aromatic nitrogens is 1. The second-order valence-corrected chi connectivity index (χ2v) is 6.31. The number of thiazole rings is 1. The lowest BCUT2D eigenvalue weighted by molar-refractivity contribution is 0.0944. The Hall–Kier alpha value is -2.22. The Morgan fingerprint density at radius 2 is 2.26 bits per heavy atom. The van der Waals surface area contributed by atoms with Crippen LogP contribution in [-0.2, 0) is 0 Å². The summed E-state index contributed by atoms with van der Waals surface area (Å²) in [6.07, 6.45) is 2.23. The molecule has 0 bridgehead atoms. The Balaban J connectivity index is 1.62. The zero-order chi connectivity index (χ0) is 16.4. The standard InChI is InChI=1S/C15H16F2N4OS/c1-18-15-19-7-13(23-15)14(22)20-10-4-5-21(8-10)12-3-2-9(16)6-11(12)17/h2-3,6-7,10H,4-5,8H2,1H3,(H,18,19)(H,20,22)/t10-/m1/s1. The topological polar surface area (TPSA) is 57.3 Å². The third kappa shape index (κ3) is 3.42. The van der Waals surface area contributed by atoms with Crippen LogP contribution in [0, 0.1) is 11.6 Å². The number of rotatable bonds is 4. The molecule has 122 valence electrons. The number of nitrogens with zero attached hydrogens (tertiary/aromatic N) is 2. The SMILES string of the molecule is CNc1ncc(C(=O)N[C@@H]2CCN(c3ccc(F)cc3F)C2)s1. The summed E-state index contributed by atoms with van der Waals surface area (Å²) in [7, 11) is 1.74. The van der Waals surface area contributed by atoms with Gasteiger partial charge in [0.2, 0.25) is 0 Å². The Bertz CT molecular complexity index is 721. The van der Waals surface area contributed by atoms with Gasteiger partial charge < -0.3 is 15.5 Å². The van der Waals surface area contributed by atoms with Crippen LogP contribution in [0.3, 0.4) is 0 Å². The molecule has 0 spiro atoms. The van der Waals surface area contributed by atoms with Crippen molar-refractivity contribution in [3.63, 3.8) is 0 Å². The van der Waals surface area contributed by atoms with Crippen molar-refractivity contribution in [2.24, 2.45) is 0 Å². The Morgan fingerprint density at radius 1 is 1.43 bits per heavy atom. The van der Waals surface area contributed by atoms with Gasteiger partial charge in [0.15, 0.2) is 5.13 Å². The Labute approximate surface area is 136 Å². The van der Waals surface area contributed by atoms with E-state index in [0.717, 1.165) is 6.07 Å². The summed E-state index contributed by atoms with van der Waals surface area (Å²) in [5.41, 5.74) is 0.360. The number of nitrogens with one attached hydrogen (secondary N) is 2. The van der Waals surface area contributed by atoms with E-state index in [1.54, 1.807) is 7.05 Å². The summed E-state index contributed by atoms with van der Waals surface area (Å²) in [6, 6.07) is 3.46. The second kappa shape index (κ2) is 6.49. The summed E-state index contributed by atoms with van der Waals surface area (Å²) in [5, 5.41) is 6.49. The molecular formula is C15H16F2N4OS. The van der Waals surface area contributed by atoms with Crippen LogP contribution >= 0.6 is 11.3 Å². The first-order valence-electron chi connectivity index (χ1n) is 7.21. The van der Waals surface area contributed by atoms with Gasteiger partial charge in [0.05, 0.1) is 11.9 Å². The normalized spacial score (nSPS) is 17.3. The van der Waals surface area contributed by atoms with Crippen molar-refractivity contribution < 1.29 is 13.6 Å². The zero-order valence-electron chi connectivity index (χ0n) is 12.5. The lowest BCUT2D eigenvalue weighted by Crippen LogP contribution is -2.36. The molecule has 1 aliphatic rings. The zero-order valence-corrected chi connectivity index (χ0v) is 13.3. The molecular weight excluding hydrogens is 322 g/mol. The Morgan fingerprint density at radius 3 is 2.96 bits per heavy atom. The predicted octanol–water partition coefficient (Wildman–Crippen LogP) is 2.47. The van der Waals surface area contributed by atoms with Crippen LogP contribution in [0.5, 0.6) is 0 Å². The van der Waals surface area contributed by atoms with Crippen molar-refractivity contribution in [3.05, 3.63) is 40.9 Å². The summed E-state index contributed by atoms with van der Waals surface area (Å²) in [6.45, 7) is 1.10. The van der Waals surface area contributed by atoms with Crippen LogP contribution in [0.25, 0.3) is 0 Å². The van der Waals surface area contributed by atoms with E-state index in [1.165, 1.54) is 29.7 Å². The first kappa shape index (κ1) is 15.7. The maximum absolute atomic E-state index is 13.8. The Kier molecular flexibility index (Phi) is 4.42. The average Bonchev–Trinajstić information content (AvgIpc) is 3.16. The largest absolute Gasteiger partial charge is 0.367 e. The highest BCUT2D eigenvalue weighted by Crippen LogP contribution is 2.25. The number of hydrogen-bond donors (Lipinski definition) is 2. The van der Waals surface area contributed by atoms with Gasteiger partial charge in [-0.3, -0.25) is 4.79 Å². The molecule has 1 fully saturated rings. The molecule has 1 atom stereocenters. The average molecular weight is 338 g/mol. The molecule has 1 aliphatic heterocycles. The number of carbonyl (C=O) groups is 1. The van der Waals surface area contributed by atoms with Crippen molar-refractivity contribution in [2.45, 2.75) is 12.5 Å². The number of benzene rings is 1. The smallest absolute Gasteiger partial charge is 0.263 e. The number of amides is 1. The molecule has 1 saturated heterocycles. The number of hydrogen-bond acceptors (Lipinski definition) is 5. The minimum Gasteiger partial charge on any atom is -0.367 e. The van der Waals surface area contributed by atoms with Gasteiger partial charge in [-0.2, -0.15) is 0 Å². The van der Waals surface area contributed by atoms with Crippen LogP contribution in [0.15, 0.2) is 24.4 Å². The highest BCUT2D eigenvalue weighted by Gasteiger charge is 2.26. The highest BCUT2D eigenvalue weighted by molar-refractivity contribution is 7.17. The van der Waals surface area contributed by atoms with Crippen LogP contribution < -0.4 is 15.5 Å². The molecule has 1 aromatic carbocycles. The molecule has 2 N–H and O–H groups in total. The van der Waals surface area contributed by atoms with E-state index in [1.807, 2.05) is 4.90 Å². The van der Waals surface area contributed by atoms with Gasteiger partial charge in [0.1, 0.15) is 16.5 Å². The van der Waals surface area contributed by atoms with Crippen molar-refractivity contribution >= 4 is 28.1 Å². The molecule has 0 aliphatic carbocycles. The molecule has 23 heavy (non-hydrogen) atoms. The molecule has 2 heterocycles. The van der Waals surface area contributed by atoms with Gasteiger partial charge in [-0.05, 0) is 18.6 Å². The fraction of sp³-hybridized carbons (Fsp3) is 0.333. The third-order valence-corrected chi connectivity index (χ3v) is 4.73. The molecule has 3 rings (SSSR count). The van der Waals surface area contributed by atoms with Crippen molar-refractivity contribution in [2.75, 3.05) is 30.4 Å². The fourth-order valence-corrected chi connectivity index (χ4v) is 3.26. The maximum Gasteiger partial charge on any atom is 0.263 e. The molecule has 1 amide bonds. The van der Waals surface area contributed by atoms with Crippen molar-refractivity contribution in [1.82, 2.24) is 10.3 Å². The van der Waals surface area contributed by atoms with Gasteiger partial charge in [-0.15, -0.1) is 0 Å². The molecule has 8 heteroatoms. The minimum absolute atomic E-state index is 0.0768. The first-order valence-corrected chi connectivity index (χ1v) is 8.03. The van der Waals surface area contributed by atoms with Gasteiger partial charge in [-0.25, -0.2) is 13.8 Å². The second-order valence-electron chi connectivity index (χ2n) is 5.28. The van der Waals surface area contributed by atoms with E-state index in [9.17, 15) is 13.6 Å². The van der Waals surface area contributed by atoms with E-state index in [0.29, 0.717) is 35.2 Å². The van der Waals surface area contributed by atoms with E-state index in [-0.39, 0.29) is 11.9 Å². The molecule has 0 radical (unpaired) electrons. The molecule has 1 aromatic heterocycles. The summed E-state index contributed by atoms with van der Waals surface area (Å²) in [5.74, 6) is -1.37. The van der Waals surface area contributed by atoms with E-state index in [4.69, 9.17) is 0 Å². The van der Waals surface area contributed by atoms with Crippen molar-refractivity contribution in [1.29, 1.82) is 0 Å². The fourth-order valence-electron chi connectivity index (χ4n) is 2.59. The van der Waals surface area contributed by atoms with Crippen LogP contribution in [-0.4, -0.2) is 37.1 Å². The lowest BCUT2D eigenvalue weighted by atomic mass is 10.2. The highest BCUT2D eigenvalue weighted by atomic mass is 32.1. The molecule has 0 saturated carbocycles. The number of anilines is 2. The lowest BCUT2D eigenvalue weighted by Gasteiger charge is -2.19. The summed E-state index contributed by atoms with van der Waals surface area (Å²) < 4.78 is 26.8.